The van der Waals surface area contributed by atoms with Crippen LogP contribution in [0.15, 0.2) is 61.1 Å². The van der Waals surface area contributed by atoms with Crippen molar-refractivity contribution < 1.29 is 5.11 Å². The van der Waals surface area contributed by atoms with Gasteiger partial charge >= 0.3 is 0 Å². The van der Waals surface area contributed by atoms with Crippen molar-refractivity contribution in [3.05, 3.63) is 66.6 Å². The molecule has 1 aromatic carbocycles. The molecule has 0 spiro atoms. The number of rotatable bonds is 5. The molecule has 152 valence electrons. The second kappa shape index (κ2) is 8.12. The fourth-order valence-electron chi connectivity index (χ4n) is 3.96. The van der Waals surface area contributed by atoms with Gasteiger partial charge in [0.15, 0.2) is 11.9 Å². The number of aliphatic hydroxyl groups is 1. The van der Waals surface area contributed by atoms with Gasteiger partial charge in [-0.1, -0.05) is 0 Å². The van der Waals surface area contributed by atoms with Crippen molar-refractivity contribution in [2.24, 2.45) is 0 Å². The van der Waals surface area contributed by atoms with Gasteiger partial charge in [-0.15, -0.1) is 0 Å². The first-order valence-corrected chi connectivity index (χ1v) is 10.3. The number of aromatic amines is 1. The van der Waals surface area contributed by atoms with E-state index in [2.05, 4.69) is 54.4 Å². The number of hydrogen-bond donors (Lipinski definition) is 3. The third-order valence-electron chi connectivity index (χ3n) is 5.55. The maximum atomic E-state index is 10.7. The Morgan fingerprint density at radius 3 is 2.60 bits per heavy atom. The lowest BCUT2D eigenvalue weighted by molar-refractivity contribution is 0.209. The maximum Gasteiger partial charge on any atom is 0.178 e. The van der Waals surface area contributed by atoms with Gasteiger partial charge in [-0.25, -0.2) is 9.97 Å². The molecule has 1 aliphatic heterocycles. The Labute approximate surface area is 174 Å². The number of aromatic nitrogens is 4. The van der Waals surface area contributed by atoms with Crippen molar-refractivity contribution in [1.82, 2.24) is 19.9 Å². The van der Waals surface area contributed by atoms with Crippen molar-refractivity contribution in [2.45, 2.75) is 25.5 Å². The summed E-state index contributed by atoms with van der Waals surface area (Å²) in [5.41, 5.74) is 4.97. The van der Waals surface area contributed by atoms with Crippen LogP contribution in [-0.4, -0.2) is 38.1 Å². The molecule has 1 saturated heterocycles. The number of piperidine rings is 1. The molecule has 3 aromatic heterocycles. The predicted molar refractivity (Wildman–Crippen MR) is 118 cm³/mol. The maximum absolute atomic E-state index is 10.7. The highest BCUT2D eigenvalue weighted by atomic mass is 16.3. The largest absolute Gasteiger partial charge is 0.372 e. The van der Waals surface area contributed by atoms with E-state index in [0.29, 0.717) is 11.2 Å². The van der Waals surface area contributed by atoms with E-state index in [-0.39, 0.29) is 0 Å². The van der Waals surface area contributed by atoms with E-state index in [1.54, 1.807) is 24.7 Å². The summed E-state index contributed by atoms with van der Waals surface area (Å²) in [7, 11) is 0. The van der Waals surface area contributed by atoms with Crippen LogP contribution in [0.4, 0.5) is 11.4 Å². The summed E-state index contributed by atoms with van der Waals surface area (Å²) >= 11 is 0. The Bertz CT molecular complexity index is 1120. The molecule has 0 bridgehead atoms. The molecular weight excluding hydrogens is 376 g/mol. The average Bonchev–Trinajstić information content (AvgIpc) is 3.25. The van der Waals surface area contributed by atoms with E-state index < -0.39 is 6.23 Å². The van der Waals surface area contributed by atoms with Crippen LogP contribution in [0, 0.1) is 0 Å². The molecular formula is C23H24N6O. The van der Waals surface area contributed by atoms with Gasteiger partial charge in [0.25, 0.3) is 0 Å². The first-order chi connectivity index (χ1) is 14.8. The zero-order chi connectivity index (χ0) is 20.3. The van der Waals surface area contributed by atoms with Crippen molar-refractivity contribution in [3.63, 3.8) is 0 Å². The first-order valence-electron chi connectivity index (χ1n) is 10.3. The molecule has 0 saturated carbocycles. The number of anilines is 2. The lowest BCUT2D eigenvalue weighted by Gasteiger charge is -2.28. The summed E-state index contributed by atoms with van der Waals surface area (Å²) in [6, 6.07) is 14.0. The molecule has 0 radical (unpaired) electrons. The van der Waals surface area contributed by atoms with Crippen molar-refractivity contribution in [2.75, 3.05) is 23.3 Å². The summed E-state index contributed by atoms with van der Waals surface area (Å²) in [5, 5.41) is 13.8. The lowest BCUT2D eigenvalue weighted by Crippen LogP contribution is -2.29. The normalized spacial score (nSPS) is 15.3. The van der Waals surface area contributed by atoms with Gasteiger partial charge in [0.05, 0.1) is 17.4 Å². The molecule has 0 amide bonds. The third kappa shape index (κ3) is 3.71. The van der Waals surface area contributed by atoms with E-state index in [0.717, 1.165) is 35.7 Å². The average molecular weight is 400 g/mol. The summed E-state index contributed by atoms with van der Waals surface area (Å²) in [5.74, 6) is 0.740. The highest BCUT2D eigenvalue weighted by Crippen LogP contribution is 2.28. The van der Waals surface area contributed by atoms with E-state index in [1.807, 2.05) is 12.1 Å². The summed E-state index contributed by atoms with van der Waals surface area (Å²) in [4.78, 5) is 18.9. The summed E-state index contributed by atoms with van der Waals surface area (Å²) in [6.07, 6.45) is 7.96. The Kier molecular flexibility index (Phi) is 5.03. The van der Waals surface area contributed by atoms with Crippen LogP contribution in [0.2, 0.25) is 0 Å². The van der Waals surface area contributed by atoms with Gasteiger partial charge in [-0.3, -0.25) is 4.98 Å². The van der Waals surface area contributed by atoms with Gasteiger partial charge in [0.2, 0.25) is 0 Å². The highest BCUT2D eigenvalue weighted by molar-refractivity contribution is 5.80. The molecule has 7 heteroatoms. The number of hydrogen-bond acceptors (Lipinski definition) is 6. The molecule has 3 N–H and O–H groups in total. The van der Waals surface area contributed by atoms with E-state index in [4.69, 9.17) is 0 Å². The van der Waals surface area contributed by atoms with E-state index >= 15 is 0 Å². The number of nitrogens with zero attached hydrogens (tertiary/aromatic N) is 4. The topological polar surface area (TPSA) is 90.0 Å². The lowest BCUT2D eigenvalue weighted by atomic mass is 10.1. The molecule has 5 rings (SSSR count). The molecule has 1 aliphatic rings. The second-order valence-electron chi connectivity index (χ2n) is 7.57. The zero-order valence-electron chi connectivity index (χ0n) is 16.6. The molecule has 4 heterocycles. The SMILES string of the molecule is OC(Nc1cccnc1)c1ccnc2nc(-c3ccc(N4CCCCC4)cc3)[nH]c12. The number of aliphatic hydroxyl groups excluding tert-OH is 1. The van der Waals surface area contributed by atoms with Gasteiger partial charge in [0, 0.05) is 42.3 Å². The zero-order valence-corrected chi connectivity index (χ0v) is 16.6. The van der Waals surface area contributed by atoms with E-state index in [1.165, 1.54) is 24.9 Å². The predicted octanol–water partition coefficient (Wildman–Crippen LogP) is 4.11. The minimum Gasteiger partial charge on any atom is -0.372 e. The van der Waals surface area contributed by atoms with Crippen LogP contribution in [0.25, 0.3) is 22.6 Å². The first kappa shape index (κ1) is 18.6. The quantitative estimate of drug-likeness (QED) is 0.437. The van der Waals surface area contributed by atoms with Crippen LogP contribution >= 0.6 is 0 Å². The third-order valence-corrected chi connectivity index (χ3v) is 5.55. The Hall–Kier alpha value is -3.45. The van der Waals surface area contributed by atoms with Crippen LogP contribution in [0.3, 0.4) is 0 Å². The minimum atomic E-state index is -0.908. The summed E-state index contributed by atoms with van der Waals surface area (Å²) < 4.78 is 0. The number of imidazole rings is 1. The Morgan fingerprint density at radius 1 is 1.00 bits per heavy atom. The van der Waals surface area contributed by atoms with Gasteiger partial charge in [-0.05, 0) is 61.7 Å². The number of benzene rings is 1. The molecule has 1 unspecified atom stereocenters. The highest BCUT2D eigenvalue weighted by Gasteiger charge is 2.16. The van der Waals surface area contributed by atoms with Crippen LogP contribution in [0.5, 0.6) is 0 Å². The molecule has 1 atom stereocenters. The van der Waals surface area contributed by atoms with Crippen molar-refractivity contribution in [1.29, 1.82) is 0 Å². The summed E-state index contributed by atoms with van der Waals surface area (Å²) in [6.45, 7) is 2.25. The number of H-pyrrole nitrogens is 1. The number of fused-ring (bicyclic) bond motifs is 1. The van der Waals surface area contributed by atoms with Gasteiger partial charge in [0.1, 0.15) is 5.82 Å². The fourth-order valence-corrected chi connectivity index (χ4v) is 3.96. The molecule has 7 nitrogen and oxygen atoms in total. The molecule has 0 aliphatic carbocycles. The smallest absolute Gasteiger partial charge is 0.178 e. The van der Waals surface area contributed by atoms with Crippen molar-refractivity contribution >= 4 is 22.5 Å². The van der Waals surface area contributed by atoms with Crippen LogP contribution in [-0.2, 0) is 0 Å². The Morgan fingerprint density at radius 2 is 1.83 bits per heavy atom. The number of pyridine rings is 2. The van der Waals surface area contributed by atoms with E-state index in [9.17, 15) is 5.11 Å². The fraction of sp³-hybridized carbons (Fsp3) is 0.261. The Balaban J connectivity index is 1.41. The molecule has 4 aromatic rings. The van der Waals surface area contributed by atoms with Crippen LogP contribution in [0.1, 0.15) is 31.1 Å². The molecule has 1 fully saturated rings. The molecule has 30 heavy (non-hydrogen) atoms. The monoisotopic (exact) mass is 400 g/mol. The minimum absolute atomic E-state index is 0.578. The van der Waals surface area contributed by atoms with Crippen molar-refractivity contribution in [3.8, 4) is 11.4 Å². The van der Waals surface area contributed by atoms with Crippen LogP contribution < -0.4 is 10.2 Å². The van der Waals surface area contributed by atoms with Gasteiger partial charge < -0.3 is 20.3 Å². The second-order valence-corrected chi connectivity index (χ2v) is 7.57. The standard InChI is InChI=1S/C23H24N6O/c30-23(26-17-5-4-11-24-15-17)19-10-12-25-22-20(19)27-21(28-22)16-6-8-18(9-7-16)29-13-2-1-3-14-29/h4-12,15,23,26,30H,1-3,13-14H2,(H,25,27,28). The van der Waals surface area contributed by atoms with Gasteiger partial charge in [-0.2, -0.15) is 0 Å². The number of nitrogens with one attached hydrogen (secondary N) is 2.